The number of ketones is 1. The van der Waals surface area contributed by atoms with E-state index < -0.39 is 0 Å². The van der Waals surface area contributed by atoms with Crippen LogP contribution in [0.15, 0.2) is 18.7 Å². The molecule has 0 atom stereocenters. The van der Waals surface area contributed by atoms with Crippen molar-refractivity contribution in [1.29, 1.82) is 0 Å². The van der Waals surface area contributed by atoms with Gasteiger partial charge >= 0.3 is 0 Å². The van der Waals surface area contributed by atoms with Crippen molar-refractivity contribution in [2.24, 2.45) is 0 Å². The molecule has 0 fully saturated rings. The van der Waals surface area contributed by atoms with Crippen molar-refractivity contribution < 1.29 is 4.79 Å². The highest BCUT2D eigenvalue weighted by molar-refractivity contribution is 6.19. The van der Waals surface area contributed by atoms with E-state index in [1.807, 2.05) is 6.92 Å². The summed E-state index contributed by atoms with van der Waals surface area (Å²) in [4.78, 5) is 15.0. The van der Waals surface area contributed by atoms with Crippen LogP contribution < -0.4 is 5.73 Å². The van der Waals surface area contributed by atoms with Gasteiger partial charge in [0.25, 0.3) is 0 Å². The lowest BCUT2D eigenvalue weighted by atomic mass is 10.1. The molecule has 1 aromatic rings. The normalized spacial score (nSPS) is 9.69. The summed E-state index contributed by atoms with van der Waals surface area (Å²) in [7, 11) is 0. The number of nitrogens with zero attached hydrogens (tertiary/aromatic N) is 1. The van der Waals surface area contributed by atoms with Crippen LogP contribution in [-0.2, 0) is 4.79 Å². The maximum Gasteiger partial charge on any atom is 0.159 e. The van der Waals surface area contributed by atoms with E-state index in [1.54, 1.807) is 12.1 Å². The number of anilines is 1. The van der Waals surface area contributed by atoms with Gasteiger partial charge in [-0.2, -0.15) is 0 Å². The van der Waals surface area contributed by atoms with Crippen molar-refractivity contribution in [1.82, 2.24) is 4.98 Å². The first-order valence-electron chi connectivity index (χ1n) is 3.95. The van der Waals surface area contributed by atoms with Crippen LogP contribution in [0.25, 0.3) is 5.57 Å². The van der Waals surface area contributed by atoms with Crippen molar-refractivity contribution in [3.05, 3.63) is 30.0 Å². The zero-order valence-electron chi connectivity index (χ0n) is 7.79. The van der Waals surface area contributed by atoms with Crippen molar-refractivity contribution in [3.8, 4) is 0 Å². The van der Waals surface area contributed by atoms with Crippen LogP contribution in [0.5, 0.6) is 0 Å². The Morgan fingerprint density at radius 1 is 1.54 bits per heavy atom. The highest BCUT2D eigenvalue weighted by Gasteiger charge is 2.08. The van der Waals surface area contributed by atoms with E-state index in [-0.39, 0.29) is 5.78 Å². The average Bonchev–Trinajstić information content (AvgIpc) is 2.03. The Hall–Kier alpha value is -1.64. The quantitative estimate of drug-likeness (QED) is 0.696. The molecule has 0 radical (unpaired) electrons. The van der Waals surface area contributed by atoms with Crippen LogP contribution in [0, 0.1) is 6.92 Å². The fourth-order valence-corrected chi connectivity index (χ4v) is 1.02. The van der Waals surface area contributed by atoms with Gasteiger partial charge in [0.1, 0.15) is 5.82 Å². The Morgan fingerprint density at radius 3 is 2.62 bits per heavy atom. The van der Waals surface area contributed by atoms with Gasteiger partial charge < -0.3 is 5.73 Å². The zero-order valence-corrected chi connectivity index (χ0v) is 7.79. The summed E-state index contributed by atoms with van der Waals surface area (Å²) in [6, 6.07) is 3.57. The van der Waals surface area contributed by atoms with Gasteiger partial charge in [-0.1, -0.05) is 6.58 Å². The molecule has 0 spiro atoms. The van der Waals surface area contributed by atoms with Crippen molar-refractivity contribution >= 4 is 17.2 Å². The molecule has 2 N–H and O–H groups in total. The van der Waals surface area contributed by atoms with E-state index in [4.69, 9.17) is 5.73 Å². The minimum atomic E-state index is -0.0858. The average molecular weight is 176 g/mol. The SMILES string of the molecule is C=C(C(C)=O)c1ccc(C)nc1N. The third kappa shape index (κ3) is 1.93. The summed E-state index contributed by atoms with van der Waals surface area (Å²) >= 11 is 0. The fraction of sp³-hybridized carbons (Fsp3) is 0.200. The second-order valence-corrected chi connectivity index (χ2v) is 2.92. The molecule has 13 heavy (non-hydrogen) atoms. The Kier molecular flexibility index (Phi) is 2.46. The van der Waals surface area contributed by atoms with Crippen molar-refractivity contribution in [3.63, 3.8) is 0 Å². The summed E-state index contributed by atoms with van der Waals surface area (Å²) < 4.78 is 0. The molecule has 1 aromatic heterocycles. The Bertz CT molecular complexity index is 369. The van der Waals surface area contributed by atoms with Crippen molar-refractivity contribution in [2.75, 3.05) is 5.73 Å². The van der Waals surface area contributed by atoms with Gasteiger partial charge in [0, 0.05) is 16.8 Å². The summed E-state index contributed by atoms with van der Waals surface area (Å²) in [5, 5.41) is 0. The van der Waals surface area contributed by atoms with Crippen LogP contribution in [0.2, 0.25) is 0 Å². The first-order valence-corrected chi connectivity index (χ1v) is 3.95. The molecule has 0 aliphatic carbocycles. The predicted molar refractivity (Wildman–Crippen MR) is 53.1 cm³/mol. The Morgan fingerprint density at radius 2 is 2.15 bits per heavy atom. The highest BCUT2D eigenvalue weighted by atomic mass is 16.1. The maximum atomic E-state index is 11.0. The number of carbonyl (C=O) groups excluding carboxylic acids is 1. The van der Waals surface area contributed by atoms with E-state index >= 15 is 0 Å². The lowest BCUT2D eigenvalue weighted by Gasteiger charge is -2.05. The molecule has 68 valence electrons. The predicted octanol–water partition coefficient (Wildman–Crippen LogP) is 1.57. The molecule has 0 aliphatic rings. The van der Waals surface area contributed by atoms with Gasteiger partial charge in [-0.05, 0) is 26.0 Å². The molecular weight excluding hydrogens is 164 g/mol. The zero-order chi connectivity index (χ0) is 10.0. The fourth-order valence-electron chi connectivity index (χ4n) is 1.02. The monoisotopic (exact) mass is 176 g/mol. The van der Waals surface area contributed by atoms with Gasteiger partial charge in [-0.15, -0.1) is 0 Å². The number of pyridine rings is 1. The number of allylic oxidation sites excluding steroid dienone is 1. The van der Waals surface area contributed by atoms with E-state index in [0.29, 0.717) is 17.0 Å². The minimum Gasteiger partial charge on any atom is -0.383 e. The summed E-state index contributed by atoms with van der Waals surface area (Å²) in [5.74, 6) is 0.276. The van der Waals surface area contributed by atoms with Crippen LogP contribution in [0.1, 0.15) is 18.2 Å². The maximum absolute atomic E-state index is 11.0. The number of nitrogens with two attached hydrogens (primary N) is 1. The lowest BCUT2D eigenvalue weighted by Crippen LogP contribution is -2.02. The van der Waals surface area contributed by atoms with E-state index in [0.717, 1.165) is 5.69 Å². The second kappa shape index (κ2) is 3.39. The molecule has 0 aliphatic heterocycles. The third-order valence-electron chi connectivity index (χ3n) is 1.81. The Balaban J connectivity index is 3.16. The number of rotatable bonds is 2. The molecule has 0 bridgehead atoms. The highest BCUT2D eigenvalue weighted by Crippen LogP contribution is 2.18. The van der Waals surface area contributed by atoms with Gasteiger partial charge in [-0.3, -0.25) is 4.79 Å². The van der Waals surface area contributed by atoms with Crippen LogP contribution in [0.3, 0.4) is 0 Å². The second-order valence-electron chi connectivity index (χ2n) is 2.92. The molecule has 0 saturated carbocycles. The largest absolute Gasteiger partial charge is 0.383 e. The molecule has 3 heteroatoms. The molecule has 3 nitrogen and oxygen atoms in total. The van der Waals surface area contributed by atoms with Crippen molar-refractivity contribution in [2.45, 2.75) is 13.8 Å². The van der Waals surface area contributed by atoms with E-state index in [1.165, 1.54) is 6.92 Å². The molecular formula is C10H12N2O. The number of Topliss-reactive ketones (excluding diaryl/α,β-unsaturated/α-hetero) is 1. The van der Waals surface area contributed by atoms with Crippen LogP contribution in [-0.4, -0.2) is 10.8 Å². The van der Waals surface area contributed by atoms with Crippen LogP contribution in [0.4, 0.5) is 5.82 Å². The molecule has 1 rings (SSSR count). The number of hydrogen-bond acceptors (Lipinski definition) is 3. The Labute approximate surface area is 77.3 Å². The summed E-state index contributed by atoms with van der Waals surface area (Å²) in [5.41, 5.74) is 7.50. The smallest absolute Gasteiger partial charge is 0.159 e. The summed E-state index contributed by atoms with van der Waals surface area (Å²) in [6.45, 7) is 6.95. The minimum absolute atomic E-state index is 0.0858. The number of aromatic nitrogens is 1. The molecule has 0 amide bonds. The van der Waals surface area contributed by atoms with Gasteiger partial charge in [-0.25, -0.2) is 4.98 Å². The first-order chi connectivity index (χ1) is 6.02. The number of aryl methyl sites for hydroxylation is 1. The van der Waals surface area contributed by atoms with Crippen LogP contribution >= 0.6 is 0 Å². The summed E-state index contributed by atoms with van der Waals surface area (Å²) in [6.07, 6.45) is 0. The topological polar surface area (TPSA) is 56.0 Å². The molecule has 0 unspecified atom stereocenters. The number of nitrogen functional groups attached to an aromatic ring is 1. The van der Waals surface area contributed by atoms with E-state index in [9.17, 15) is 4.79 Å². The van der Waals surface area contributed by atoms with Gasteiger partial charge in [0.15, 0.2) is 5.78 Å². The third-order valence-corrected chi connectivity index (χ3v) is 1.81. The molecule has 1 heterocycles. The lowest BCUT2D eigenvalue weighted by molar-refractivity contribution is -0.111. The van der Waals surface area contributed by atoms with Gasteiger partial charge in [0.2, 0.25) is 0 Å². The standard InChI is InChI=1S/C10H12N2O/c1-6-4-5-9(10(11)12-6)7(2)8(3)13/h4-5H,2H2,1,3H3,(H2,11,12). The number of carbonyl (C=O) groups is 1. The van der Waals surface area contributed by atoms with E-state index in [2.05, 4.69) is 11.6 Å². The molecule has 0 saturated heterocycles. The molecule has 0 aromatic carbocycles. The first kappa shape index (κ1) is 9.45. The van der Waals surface area contributed by atoms with Gasteiger partial charge in [0.05, 0.1) is 0 Å². The number of hydrogen-bond donors (Lipinski definition) is 1.